The van der Waals surface area contributed by atoms with E-state index in [0.717, 1.165) is 22.0 Å². The Labute approximate surface area is 117 Å². The molecule has 1 amide bonds. The number of nitrogens with one attached hydrogen (secondary N) is 2. The van der Waals surface area contributed by atoms with Crippen LogP contribution in [0.25, 0.3) is 0 Å². The molecular formula is C15H15ClN2O. The van der Waals surface area contributed by atoms with E-state index in [0.29, 0.717) is 6.54 Å². The van der Waals surface area contributed by atoms with Crippen LogP contribution >= 0.6 is 11.6 Å². The predicted molar refractivity (Wildman–Crippen MR) is 79.5 cm³/mol. The molecule has 0 aliphatic carbocycles. The van der Waals surface area contributed by atoms with Crippen molar-refractivity contribution in [3.63, 3.8) is 0 Å². The molecule has 0 heterocycles. The Morgan fingerprint density at radius 3 is 2.42 bits per heavy atom. The molecule has 3 nitrogen and oxygen atoms in total. The minimum Gasteiger partial charge on any atom is -0.381 e. The average molecular weight is 275 g/mol. The van der Waals surface area contributed by atoms with Crippen LogP contribution in [-0.2, 0) is 11.3 Å². The van der Waals surface area contributed by atoms with Gasteiger partial charge in [-0.3, -0.25) is 4.79 Å². The molecule has 19 heavy (non-hydrogen) atoms. The summed E-state index contributed by atoms with van der Waals surface area (Å²) in [6.45, 7) is 2.20. The first kappa shape index (κ1) is 13.4. The van der Waals surface area contributed by atoms with E-state index < -0.39 is 0 Å². The van der Waals surface area contributed by atoms with Crippen molar-refractivity contribution in [2.24, 2.45) is 0 Å². The third-order valence-electron chi connectivity index (χ3n) is 2.59. The van der Waals surface area contributed by atoms with E-state index in [4.69, 9.17) is 11.6 Å². The lowest BCUT2D eigenvalue weighted by molar-refractivity contribution is -0.114. The molecule has 0 aromatic heterocycles. The first-order valence-corrected chi connectivity index (χ1v) is 6.37. The first-order chi connectivity index (χ1) is 9.13. The van der Waals surface area contributed by atoms with Crippen LogP contribution in [0.3, 0.4) is 0 Å². The van der Waals surface area contributed by atoms with Crippen LogP contribution in [0.15, 0.2) is 48.5 Å². The number of halogens is 1. The summed E-state index contributed by atoms with van der Waals surface area (Å²) in [6.07, 6.45) is 0. The highest BCUT2D eigenvalue weighted by Crippen LogP contribution is 2.16. The lowest BCUT2D eigenvalue weighted by Gasteiger charge is -2.08. The van der Waals surface area contributed by atoms with E-state index >= 15 is 0 Å². The van der Waals surface area contributed by atoms with Crippen LogP contribution in [0.1, 0.15) is 12.5 Å². The lowest BCUT2D eigenvalue weighted by Crippen LogP contribution is -2.05. The van der Waals surface area contributed by atoms with Crippen molar-refractivity contribution in [3.8, 4) is 0 Å². The van der Waals surface area contributed by atoms with Gasteiger partial charge in [-0.15, -0.1) is 0 Å². The molecule has 0 radical (unpaired) electrons. The van der Waals surface area contributed by atoms with E-state index in [-0.39, 0.29) is 5.91 Å². The van der Waals surface area contributed by atoms with Gasteiger partial charge >= 0.3 is 0 Å². The maximum absolute atomic E-state index is 10.9. The summed E-state index contributed by atoms with van der Waals surface area (Å²) < 4.78 is 0. The molecule has 98 valence electrons. The minimum atomic E-state index is -0.0698. The zero-order valence-electron chi connectivity index (χ0n) is 10.6. The van der Waals surface area contributed by atoms with Crippen LogP contribution in [0.5, 0.6) is 0 Å². The van der Waals surface area contributed by atoms with Crippen molar-refractivity contribution in [1.82, 2.24) is 0 Å². The molecule has 2 aromatic carbocycles. The van der Waals surface area contributed by atoms with Gasteiger partial charge in [0.15, 0.2) is 0 Å². The number of carbonyl (C=O) groups excluding carboxylic acids is 1. The summed E-state index contributed by atoms with van der Waals surface area (Å²) in [4.78, 5) is 10.9. The molecule has 0 saturated carbocycles. The number of amides is 1. The first-order valence-electron chi connectivity index (χ1n) is 5.99. The number of anilines is 2. The summed E-state index contributed by atoms with van der Waals surface area (Å²) in [5.74, 6) is -0.0698. The predicted octanol–water partition coefficient (Wildman–Crippen LogP) is 3.91. The van der Waals surface area contributed by atoms with Gasteiger partial charge in [0.1, 0.15) is 0 Å². The normalized spacial score (nSPS) is 10.0. The van der Waals surface area contributed by atoms with Gasteiger partial charge in [-0.1, -0.05) is 23.7 Å². The molecule has 0 unspecified atom stereocenters. The summed E-state index contributed by atoms with van der Waals surface area (Å²) in [5, 5.41) is 6.76. The van der Waals surface area contributed by atoms with Crippen molar-refractivity contribution in [2.75, 3.05) is 10.6 Å². The van der Waals surface area contributed by atoms with E-state index in [1.165, 1.54) is 6.92 Å². The summed E-state index contributed by atoms with van der Waals surface area (Å²) in [5.41, 5.74) is 2.91. The Morgan fingerprint density at radius 1 is 1.11 bits per heavy atom. The molecule has 0 atom stereocenters. The highest BCUT2D eigenvalue weighted by Gasteiger charge is 1.97. The van der Waals surface area contributed by atoms with E-state index in [1.54, 1.807) is 0 Å². The molecule has 2 N–H and O–H groups in total. The maximum atomic E-state index is 10.9. The lowest BCUT2D eigenvalue weighted by atomic mass is 10.2. The second-order valence-electron chi connectivity index (χ2n) is 4.24. The fraction of sp³-hybridized carbons (Fsp3) is 0.133. The number of hydrogen-bond donors (Lipinski definition) is 2. The number of rotatable bonds is 4. The Hall–Kier alpha value is -2.00. The Morgan fingerprint density at radius 2 is 1.79 bits per heavy atom. The summed E-state index contributed by atoms with van der Waals surface area (Å²) >= 11 is 5.93. The topological polar surface area (TPSA) is 41.1 Å². The van der Waals surface area contributed by atoms with E-state index in [2.05, 4.69) is 10.6 Å². The third kappa shape index (κ3) is 4.30. The van der Waals surface area contributed by atoms with Crippen LogP contribution in [0.2, 0.25) is 5.02 Å². The molecule has 0 bridgehead atoms. The molecule has 0 aliphatic heterocycles. The van der Waals surface area contributed by atoms with Gasteiger partial charge in [-0.05, 0) is 42.0 Å². The van der Waals surface area contributed by atoms with Crippen LogP contribution in [0, 0.1) is 0 Å². The SMILES string of the molecule is CC(=O)Nc1ccc(NCc2cccc(Cl)c2)cc1. The quantitative estimate of drug-likeness (QED) is 0.887. The highest BCUT2D eigenvalue weighted by molar-refractivity contribution is 6.30. The number of carbonyl (C=O) groups is 1. The standard InChI is InChI=1S/C15H15ClN2O/c1-11(19)18-15-7-5-14(6-8-15)17-10-12-3-2-4-13(16)9-12/h2-9,17H,10H2,1H3,(H,18,19). The molecule has 2 aromatic rings. The molecule has 0 spiro atoms. The average Bonchev–Trinajstić information content (AvgIpc) is 2.37. The highest BCUT2D eigenvalue weighted by atomic mass is 35.5. The molecular weight excluding hydrogens is 260 g/mol. The minimum absolute atomic E-state index is 0.0698. The van der Waals surface area contributed by atoms with Crippen LogP contribution in [0.4, 0.5) is 11.4 Å². The van der Waals surface area contributed by atoms with Crippen molar-refractivity contribution < 1.29 is 4.79 Å². The molecule has 0 aliphatic rings. The van der Waals surface area contributed by atoms with Gasteiger partial charge in [0.05, 0.1) is 0 Å². The zero-order valence-corrected chi connectivity index (χ0v) is 11.4. The Balaban J connectivity index is 1.94. The Bertz CT molecular complexity index is 567. The van der Waals surface area contributed by atoms with Crippen molar-refractivity contribution >= 4 is 28.9 Å². The molecule has 0 fully saturated rings. The second-order valence-corrected chi connectivity index (χ2v) is 4.68. The van der Waals surface area contributed by atoms with Gasteiger partial charge in [0.25, 0.3) is 0 Å². The monoisotopic (exact) mass is 274 g/mol. The van der Waals surface area contributed by atoms with Gasteiger partial charge in [0, 0.05) is 29.9 Å². The van der Waals surface area contributed by atoms with E-state index in [9.17, 15) is 4.79 Å². The van der Waals surface area contributed by atoms with Gasteiger partial charge < -0.3 is 10.6 Å². The number of hydrogen-bond acceptors (Lipinski definition) is 2. The fourth-order valence-electron chi connectivity index (χ4n) is 1.73. The molecule has 4 heteroatoms. The number of benzene rings is 2. The zero-order chi connectivity index (χ0) is 13.7. The Kier molecular flexibility index (Phi) is 4.42. The van der Waals surface area contributed by atoms with Crippen LogP contribution in [-0.4, -0.2) is 5.91 Å². The van der Waals surface area contributed by atoms with Gasteiger partial charge in [0.2, 0.25) is 5.91 Å². The third-order valence-corrected chi connectivity index (χ3v) is 2.83. The molecule has 0 saturated heterocycles. The van der Waals surface area contributed by atoms with Crippen molar-refractivity contribution in [3.05, 3.63) is 59.1 Å². The maximum Gasteiger partial charge on any atom is 0.221 e. The van der Waals surface area contributed by atoms with Crippen molar-refractivity contribution in [1.29, 1.82) is 0 Å². The fourth-order valence-corrected chi connectivity index (χ4v) is 1.94. The second kappa shape index (κ2) is 6.25. The van der Waals surface area contributed by atoms with Crippen LogP contribution < -0.4 is 10.6 Å². The van der Waals surface area contributed by atoms with Gasteiger partial charge in [-0.2, -0.15) is 0 Å². The summed E-state index contributed by atoms with van der Waals surface area (Å²) in [7, 11) is 0. The molecule has 2 rings (SSSR count). The largest absolute Gasteiger partial charge is 0.381 e. The summed E-state index contributed by atoms with van der Waals surface area (Å²) in [6, 6.07) is 15.3. The van der Waals surface area contributed by atoms with Crippen molar-refractivity contribution in [2.45, 2.75) is 13.5 Å². The van der Waals surface area contributed by atoms with E-state index in [1.807, 2.05) is 48.5 Å². The van der Waals surface area contributed by atoms with Gasteiger partial charge in [-0.25, -0.2) is 0 Å². The smallest absolute Gasteiger partial charge is 0.221 e.